The molecule has 3 heterocycles. The first kappa shape index (κ1) is 18.0. The van der Waals surface area contributed by atoms with E-state index in [1.165, 1.54) is 18.9 Å². The fraction of sp³-hybridized carbons (Fsp3) is 0.565. The fourth-order valence-electron chi connectivity index (χ4n) is 7.94. The van der Waals surface area contributed by atoms with Gasteiger partial charge in [0.2, 0.25) is 0 Å². The van der Waals surface area contributed by atoms with Crippen LogP contribution in [0.3, 0.4) is 0 Å². The van der Waals surface area contributed by atoms with Crippen molar-refractivity contribution < 1.29 is 9.50 Å². The Labute approximate surface area is 179 Å². The summed E-state index contributed by atoms with van der Waals surface area (Å²) < 4.78 is 16.9. The average molecular weight is 420 g/mol. The number of benzene rings is 1. The van der Waals surface area contributed by atoms with Crippen molar-refractivity contribution >= 4 is 0 Å². The molecule has 4 aliphatic carbocycles. The summed E-state index contributed by atoms with van der Waals surface area (Å²) in [7, 11) is 0. The fourth-order valence-corrected chi connectivity index (χ4v) is 7.94. The van der Waals surface area contributed by atoms with Crippen LogP contribution in [-0.2, 0) is 0 Å². The molecule has 4 fully saturated rings. The number of aromatic amines is 1. The van der Waals surface area contributed by atoms with Gasteiger partial charge in [-0.25, -0.2) is 14.5 Å². The summed E-state index contributed by atoms with van der Waals surface area (Å²) in [4.78, 5) is 4.30. The van der Waals surface area contributed by atoms with Crippen LogP contribution in [0.15, 0.2) is 30.7 Å². The summed E-state index contributed by atoms with van der Waals surface area (Å²) in [6.45, 7) is 0. The van der Waals surface area contributed by atoms with Crippen molar-refractivity contribution in [3.8, 4) is 11.3 Å². The number of H-pyrrole nitrogens is 1. The molecular formula is C23H25FN6O. The van der Waals surface area contributed by atoms with Crippen molar-refractivity contribution in [1.29, 1.82) is 0 Å². The number of hydrogen-bond acceptors (Lipinski definition) is 5. The topological polar surface area (TPSA) is 92.5 Å². The van der Waals surface area contributed by atoms with Gasteiger partial charge in [-0.05, 0) is 78.2 Å². The highest BCUT2D eigenvalue weighted by Gasteiger charge is 2.59. The number of nitrogens with one attached hydrogen (secondary N) is 1. The summed E-state index contributed by atoms with van der Waals surface area (Å²) in [5.74, 6) is 2.77. The molecule has 4 saturated carbocycles. The summed E-state index contributed by atoms with van der Waals surface area (Å²) in [6, 6.07) is 5.03. The van der Waals surface area contributed by atoms with Gasteiger partial charge < -0.3 is 9.67 Å². The lowest BCUT2D eigenvalue weighted by Crippen LogP contribution is -2.55. The van der Waals surface area contributed by atoms with Crippen molar-refractivity contribution in [1.82, 2.24) is 30.2 Å². The molecule has 4 bridgehead atoms. The predicted octanol–water partition coefficient (Wildman–Crippen LogP) is 3.47. The molecule has 31 heavy (non-hydrogen) atoms. The van der Waals surface area contributed by atoms with Crippen LogP contribution in [0.25, 0.3) is 11.3 Å². The number of hydrogen-bond donors (Lipinski definition) is 2. The van der Waals surface area contributed by atoms with Gasteiger partial charge in [0.25, 0.3) is 0 Å². The zero-order chi connectivity index (χ0) is 20.7. The maximum absolute atomic E-state index is 14.9. The van der Waals surface area contributed by atoms with Crippen LogP contribution in [0.2, 0.25) is 0 Å². The first-order valence-electron chi connectivity index (χ1n) is 11.4. The number of aliphatic hydroxyl groups is 1. The van der Waals surface area contributed by atoms with Gasteiger partial charge in [-0.15, -0.1) is 5.10 Å². The van der Waals surface area contributed by atoms with Crippen molar-refractivity contribution in [2.24, 2.45) is 23.2 Å². The lowest BCUT2D eigenvalue weighted by Gasteiger charge is -2.61. The lowest BCUT2D eigenvalue weighted by atomic mass is 9.44. The number of halogens is 1. The predicted molar refractivity (Wildman–Crippen MR) is 109 cm³/mol. The molecule has 3 aromatic rings. The maximum atomic E-state index is 14.9. The Morgan fingerprint density at radius 3 is 2.84 bits per heavy atom. The Bertz CT molecular complexity index is 1130. The van der Waals surface area contributed by atoms with E-state index in [2.05, 4.69) is 25.6 Å². The Morgan fingerprint density at radius 1 is 1.23 bits per heavy atom. The van der Waals surface area contributed by atoms with E-state index in [0.29, 0.717) is 35.7 Å². The third kappa shape index (κ3) is 2.42. The second-order valence-corrected chi connectivity index (χ2v) is 10.3. The van der Waals surface area contributed by atoms with E-state index in [1.54, 1.807) is 18.6 Å². The van der Waals surface area contributed by atoms with E-state index in [0.717, 1.165) is 36.3 Å². The molecule has 8 heteroatoms. The number of tetrazole rings is 1. The molecule has 2 N–H and O–H groups in total. The molecule has 0 saturated heterocycles. The van der Waals surface area contributed by atoms with Gasteiger partial charge in [-0.3, -0.25) is 0 Å². The summed E-state index contributed by atoms with van der Waals surface area (Å²) in [6.07, 6.45) is 9.10. The lowest BCUT2D eigenvalue weighted by molar-refractivity contribution is -0.135. The molecular weight excluding hydrogens is 395 g/mol. The van der Waals surface area contributed by atoms with Gasteiger partial charge in [-0.1, -0.05) is 12.1 Å². The van der Waals surface area contributed by atoms with Crippen LogP contribution < -0.4 is 0 Å². The number of aliphatic hydroxyl groups excluding tert-OH is 1. The summed E-state index contributed by atoms with van der Waals surface area (Å²) in [5.41, 5.74) is 2.46. The van der Waals surface area contributed by atoms with Crippen LogP contribution in [-0.4, -0.2) is 41.4 Å². The first-order chi connectivity index (χ1) is 15.1. The third-order valence-corrected chi connectivity index (χ3v) is 8.82. The van der Waals surface area contributed by atoms with E-state index in [4.69, 9.17) is 0 Å². The van der Waals surface area contributed by atoms with Gasteiger partial charge in [0.05, 0.1) is 30.4 Å². The number of nitrogens with zero attached hydrogens (tertiary/aromatic N) is 5. The van der Waals surface area contributed by atoms with Crippen molar-refractivity contribution in [2.45, 2.75) is 56.6 Å². The Hall–Kier alpha value is -2.61. The number of aromatic nitrogens is 6. The van der Waals surface area contributed by atoms with Crippen LogP contribution in [0, 0.1) is 29.0 Å². The molecule has 0 radical (unpaired) electrons. The highest BCUT2D eigenvalue weighted by atomic mass is 19.1. The van der Waals surface area contributed by atoms with E-state index in [9.17, 15) is 9.50 Å². The third-order valence-electron chi connectivity index (χ3n) is 8.82. The van der Waals surface area contributed by atoms with Crippen molar-refractivity contribution in [2.75, 3.05) is 0 Å². The van der Waals surface area contributed by atoms with E-state index in [1.807, 2.05) is 10.6 Å². The van der Waals surface area contributed by atoms with Crippen molar-refractivity contribution in [3.05, 3.63) is 47.9 Å². The quantitative estimate of drug-likeness (QED) is 0.674. The molecule has 7 nitrogen and oxygen atoms in total. The first-order valence-corrected chi connectivity index (χ1v) is 11.4. The number of imidazole rings is 1. The Balaban J connectivity index is 1.21. The summed E-state index contributed by atoms with van der Waals surface area (Å²) in [5, 5.41) is 26.5. The largest absolute Gasteiger partial charge is 0.392 e. The summed E-state index contributed by atoms with van der Waals surface area (Å²) >= 11 is 0. The van der Waals surface area contributed by atoms with Crippen LogP contribution in [0.4, 0.5) is 4.39 Å². The van der Waals surface area contributed by atoms with Gasteiger partial charge in [-0.2, -0.15) is 0 Å². The van der Waals surface area contributed by atoms with Crippen LogP contribution in [0.1, 0.15) is 61.9 Å². The molecule has 1 aromatic carbocycles. The standard InChI is InChI=1S/C23H25FN6O/c24-16-3-1-2-15-18-10-25-11-30(18)17(21(15)16)6-19(31)23-7-12-4-13(8-23)20(14(5-12)9-23)22-26-28-29-27-22/h1-3,10-14,17,19-20,31H,4-9H2,(H,26,27,28,29)/t12?,13-,14?,17?,19?,20-,23?/m1/s1. The molecule has 8 rings (SSSR count). The molecule has 160 valence electrons. The molecule has 0 spiro atoms. The van der Waals surface area contributed by atoms with Crippen LogP contribution >= 0.6 is 0 Å². The minimum atomic E-state index is -0.472. The minimum absolute atomic E-state index is 0.0881. The van der Waals surface area contributed by atoms with E-state index < -0.39 is 6.10 Å². The van der Waals surface area contributed by atoms with Crippen molar-refractivity contribution in [3.63, 3.8) is 0 Å². The van der Waals surface area contributed by atoms with Gasteiger partial charge in [0, 0.05) is 17.0 Å². The molecule has 5 aliphatic rings. The molecule has 1 aliphatic heterocycles. The highest BCUT2D eigenvalue weighted by Crippen LogP contribution is 2.66. The zero-order valence-electron chi connectivity index (χ0n) is 17.2. The second-order valence-electron chi connectivity index (χ2n) is 10.3. The molecule has 5 unspecified atom stereocenters. The van der Waals surface area contributed by atoms with Gasteiger partial charge in [0.1, 0.15) is 5.82 Å². The van der Waals surface area contributed by atoms with Gasteiger partial charge in [0.15, 0.2) is 5.82 Å². The maximum Gasteiger partial charge on any atom is 0.152 e. The van der Waals surface area contributed by atoms with E-state index >= 15 is 0 Å². The van der Waals surface area contributed by atoms with Gasteiger partial charge >= 0.3 is 0 Å². The highest BCUT2D eigenvalue weighted by molar-refractivity contribution is 5.69. The average Bonchev–Trinajstić information content (AvgIpc) is 3.47. The normalized spacial score (nSPS) is 35.9. The smallest absolute Gasteiger partial charge is 0.152 e. The number of rotatable bonds is 4. The number of fused-ring (bicyclic) bond motifs is 3. The SMILES string of the molecule is OC(CC1c2c(F)cccc2-c2cncn21)C12CC3CC(C1)[C@H](c1nnn[nH]1)[C@H](C3)C2. The second kappa shape index (κ2) is 6.22. The molecule has 2 aromatic heterocycles. The molecule has 7 atom stereocenters. The Kier molecular flexibility index (Phi) is 3.61. The Morgan fingerprint density at radius 2 is 2.06 bits per heavy atom. The minimum Gasteiger partial charge on any atom is -0.392 e. The zero-order valence-corrected chi connectivity index (χ0v) is 17.2. The monoisotopic (exact) mass is 420 g/mol. The van der Waals surface area contributed by atoms with Crippen LogP contribution in [0.5, 0.6) is 0 Å². The molecule has 0 amide bonds. The van der Waals surface area contributed by atoms with E-state index in [-0.39, 0.29) is 17.3 Å².